The first-order valence-electron chi connectivity index (χ1n) is 9.49. The summed E-state index contributed by atoms with van der Waals surface area (Å²) in [6.07, 6.45) is 0. The fraction of sp³-hybridized carbons (Fsp3) is 0.600. The van der Waals surface area contributed by atoms with E-state index in [0.717, 1.165) is 38.4 Å². The SMILES string of the molecule is CC(C)(C)c1ccc2c(c1)N(CC(=O)NCCN1CCOCC1)C(=O)CO2. The number of hydrogen-bond donors (Lipinski definition) is 1. The van der Waals surface area contributed by atoms with Gasteiger partial charge in [0, 0.05) is 26.2 Å². The number of amides is 2. The van der Waals surface area contributed by atoms with Crippen molar-refractivity contribution in [1.29, 1.82) is 0 Å². The maximum Gasteiger partial charge on any atom is 0.265 e. The van der Waals surface area contributed by atoms with Gasteiger partial charge in [0.05, 0.1) is 18.9 Å². The predicted octanol–water partition coefficient (Wildman–Crippen LogP) is 1.16. The Morgan fingerprint density at radius 3 is 2.67 bits per heavy atom. The molecule has 0 unspecified atom stereocenters. The maximum atomic E-state index is 12.4. The van der Waals surface area contributed by atoms with Crippen LogP contribution in [-0.4, -0.2) is 69.3 Å². The van der Waals surface area contributed by atoms with Crippen LogP contribution >= 0.6 is 0 Å². The highest BCUT2D eigenvalue weighted by Crippen LogP contribution is 2.36. The number of hydrogen-bond acceptors (Lipinski definition) is 5. The number of rotatable bonds is 5. The second kappa shape index (κ2) is 8.27. The monoisotopic (exact) mass is 375 g/mol. The molecule has 0 aromatic heterocycles. The first-order chi connectivity index (χ1) is 12.8. The van der Waals surface area contributed by atoms with Crippen molar-refractivity contribution in [1.82, 2.24) is 10.2 Å². The third-order valence-corrected chi connectivity index (χ3v) is 4.92. The molecule has 1 aromatic rings. The highest BCUT2D eigenvalue weighted by Gasteiger charge is 2.29. The molecule has 0 radical (unpaired) electrons. The fourth-order valence-corrected chi connectivity index (χ4v) is 3.22. The summed E-state index contributed by atoms with van der Waals surface area (Å²) in [5, 5.41) is 2.92. The van der Waals surface area contributed by atoms with Crippen molar-refractivity contribution in [3.05, 3.63) is 23.8 Å². The van der Waals surface area contributed by atoms with E-state index >= 15 is 0 Å². The molecule has 2 amide bonds. The van der Waals surface area contributed by atoms with E-state index in [9.17, 15) is 9.59 Å². The van der Waals surface area contributed by atoms with Crippen LogP contribution in [0.1, 0.15) is 26.3 Å². The minimum atomic E-state index is -0.197. The van der Waals surface area contributed by atoms with Gasteiger partial charge in [0.1, 0.15) is 12.3 Å². The highest BCUT2D eigenvalue weighted by molar-refractivity contribution is 6.02. The molecule has 1 saturated heterocycles. The molecular weight excluding hydrogens is 346 g/mol. The van der Waals surface area contributed by atoms with Gasteiger partial charge in [-0.2, -0.15) is 0 Å². The van der Waals surface area contributed by atoms with Gasteiger partial charge in [0.15, 0.2) is 6.61 Å². The van der Waals surface area contributed by atoms with Gasteiger partial charge >= 0.3 is 0 Å². The summed E-state index contributed by atoms with van der Waals surface area (Å²) < 4.78 is 10.9. The lowest BCUT2D eigenvalue weighted by molar-refractivity contribution is -0.125. The smallest absolute Gasteiger partial charge is 0.265 e. The Bertz CT molecular complexity index is 693. The molecule has 1 aromatic carbocycles. The third-order valence-electron chi connectivity index (χ3n) is 4.92. The average molecular weight is 375 g/mol. The molecule has 0 aliphatic carbocycles. The molecule has 2 heterocycles. The van der Waals surface area contributed by atoms with E-state index in [2.05, 4.69) is 31.0 Å². The van der Waals surface area contributed by atoms with E-state index in [1.165, 1.54) is 4.90 Å². The number of anilines is 1. The van der Waals surface area contributed by atoms with Crippen molar-refractivity contribution in [3.63, 3.8) is 0 Å². The highest BCUT2D eigenvalue weighted by atomic mass is 16.5. The molecule has 0 spiro atoms. The van der Waals surface area contributed by atoms with Crippen LogP contribution in [0, 0.1) is 0 Å². The average Bonchev–Trinajstić information content (AvgIpc) is 2.64. The molecule has 3 rings (SSSR count). The summed E-state index contributed by atoms with van der Waals surface area (Å²) in [5.74, 6) is 0.284. The number of benzene rings is 1. The predicted molar refractivity (Wildman–Crippen MR) is 103 cm³/mol. The Morgan fingerprint density at radius 2 is 1.96 bits per heavy atom. The summed E-state index contributed by atoms with van der Waals surface area (Å²) in [6.45, 7) is 10.9. The molecule has 1 N–H and O–H groups in total. The van der Waals surface area contributed by atoms with Gasteiger partial charge in [-0.3, -0.25) is 19.4 Å². The van der Waals surface area contributed by atoms with E-state index < -0.39 is 0 Å². The maximum absolute atomic E-state index is 12.4. The Hall–Kier alpha value is -2.12. The first kappa shape index (κ1) is 19.6. The zero-order valence-corrected chi connectivity index (χ0v) is 16.4. The summed E-state index contributed by atoms with van der Waals surface area (Å²) in [7, 11) is 0. The number of fused-ring (bicyclic) bond motifs is 1. The Morgan fingerprint density at radius 1 is 1.22 bits per heavy atom. The van der Waals surface area contributed by atoms with Gasteiger partial charge in [0.2, 0.25) is 5.91 Å². The largest absolute Gasteiger partial charge is 0.482 e. The molecular formula is C20H29N3O4. The summed E-state index contributed by atoms with van der Waals surface area (Å²) >= 11 is 0. The quantitative estimate of drug-likeness (QED) is 0.836. The van der Waals surface area contributed by atoms with Gasteiger partial charge in [-0.05, 0) is 23.1 Å². The standard InChI is InChI=1S/C20H29N3O4/c1-20(2,3)15-4-5-17-16(12-15)23(19(25)14-27-17)13-18(24)21-6-7-22-8-10-26-11-9-22/h4-5,12H,6-11,13-14H2,1-3H3,(H,21,24). The van der Waals surface area contributed by atoms with E-state index in [0.29, 0.717) is 18.0 Å². The number of nitrogens with zero attached hydrogens (tertiary/aromatic N) is 2. The number of morpholine rings is 1. The number of carbonyl (C=O) groups is 2. The van der Waals surface area contributed by atoms with Crippen molar-refractivity contribution < 1.29 is 19.1 Å². The molecule has 0 saturated carbocycles. The van der Waals surface area contributed by atoms with Crippen LogP contribution in [0.2, 0.25) is 0 Å². The third kappa shape index (κ3) is 4.99. The fourth-order valence-electron chi connectivity index (χ4n) is 3.22. The van der Waals surface area contributed by atoms with Crippen LogP contribution in [0.25, 0.3) is 0 Å². The van der Waals surface area contributed by atoms with Crippen LogP contribution in [0.5, 0.6) is 5.75 Å². The van der Waals surface area contributed by atoms with E-state index in [1.807, 2.05) is 18.2 Å². The Kier molecular flexibility index (Phi) is 6.01. The molecule has 7 nitrogen and oxygen atoms in total. The zero-order chi connectivity index (χ0) is 19.4. The van der Waals surface area contributed by atoms with Crippen LogP contribution in [-0.2, 0) is 19.7 Å². The topological polar surface area (TPSA) is 71.1 Å². The molecule has 0 bridgehead atoms. The second-order valence-corrected chi connectivity index (χ2v) is 8.01. The van der Waals surface area contributed by atoms with Crippen LogP contribution in [0.3, 0.4) is 0 Å². The molecule has 2 aliphatic heterocycles. The molecule has 2 aliphatic rings. The Labute approximate surface area is 160 Å². The lowest BCUT2D eigenvalue weighted by Crippen LogP contribution is -2.47. The van der Waals surface area contributed by atoms with E-state index in [-0.39, 0.29) is 30.4 Å². The van der Waals surface area contributed by atoms with Gasteiger partial charge < -0.3 is 14.8 Å². The Balaban J connectivity index is 1.62. The van der Waals surface area contributed by atoms with Crippen LogP contribution in [0.4, 0.5) is 5.69 Å². The minimum Gasteiger partial charge on any atom is -0.482 e. The lowest BCUT2D eigenvalue weighted by atomic mass is 9.86. The van der Waals surface area contributed by atoms with Gasteiger partial charge in [0.25, 0.3) is 5.91 Å². The number of nitrogens with one attached hydrogen (secondary N) is 1. The van der Waals surface area contributed by atoms with Crippen molar-refractivity contribution >= 4 is 17.5 Å². The van der Waals surface area contributed by atoms with Crippen LogP contribution in [0.15, 0.2) is 18.2 Å². The van der Waals surface area contributed by atoms with Gasteiger partial charge in [-0.25, -0.2) is 0 Å². The molecule has 0 atom stereocenters. The zero-order valence-electron chi connectivity index (χ0n) is 16.4. The number of carbonyl (C=O) groups excluding carboxylic acids is 2. The van der Waals surface area contributed by atoms with Crippen molar-refractivity contribution in [2.24, 2.45) is 0 Å². The second-order valence-electron chi connectivity index (χ2n) is 8.01. The normalized spacial score (nSPS) is 18.0. The molecule has 7 heteroatoms. The first-order valence-corrected chi connectivity index (χ1v) is 9.49. The van der Waals surface area contributed by atoms with Crippen molar-refractivity contribution in [2.75, 3.05) is 57.4 Å². The van der Waals surface area contributed by atoms with Crippen molar-refractivity contribution in [2.45, 2.75) is 26.2 Å². The van der Waals surface area contributed by atoms with Crippen LogP contribution < -0.4 is 15.0 Å². The summed E-state index contributed by atoms with van der Waals surface area (Å²) in [4.78, 5) is 28.6. The van der Waals surface area contributed by atoms with E-state index in [4.69, 9.17) is 9.47 Å². The summed E-state index contributed by atoms with van der Waals surface area (Å²) in [6, 6.07) is 5.84. The van der Waals surface area contributed by atoms with Crippen molar-refractivity contribution in [3.8, 4) is 5.75 Å². The van der Waals surface area contributed by atoms with E-state index in [1.54, 1.807) is 0 Å². The summed E-state index contributed by atoms with van der Waals surface area (Å²) in [5.41, 5.74) is 1.71. The lowest BCUT2D eigenvalue weighted by Gasteiger charge is -2.31. The molecule has 27 heavy (non-hydrogen) atoms. The number of ether oxygens (including phenoxy) is 2. The van der Waals surface area contributed by atoms with Gasteiger partial charge in [-0.1, -0.05) is 26.8 Å². The van der Waals surface area contributed by atoms with Gasteiger partial charge in [-0.15, -0.1) is 0 Å². The molecule has 1 fully saturated rings. The molecule has 148 valence electrons. The minimum absolute atomic E-state index is 0.00585.